The summed E-state index contributed by atoms with van der Waals surface area (Å²) >= 11 is 0. The number of phenols is 1. The largest absolute Gasteiger partial charge is 0.508 e. The molecule has 2 N–H and O–H groups in total. The van der Waals surface area contributed by atoms with Crippen LogP contribution in [0.5, 0.6) is 5.75 Å². The first-order chi connectivity index (χ1) is 9.60. The lowest BCUT2D eigenvalue weighted by Crippen LogP contribution is -2.39. The maximum absolute atomic E-state index is 10.00. The maximum atomic E-state index is 10.00. The van der Waals surface area contributed by atoms with E-state index in [-0.39, 0.29) is 18.0 Å². The molecule has 1 aliphatic heterocycles. The first-order valence-corrected chi connectivity index (χ1v) is 7.02. The molecule has 3 nitrogen and oxygen atoms in total. The van der Waals surface area contributed by atoms with Gasteiger partial charge in [0.15, 0.2) is 0 Å². The van der Waals surface area contributed by atoms with E-state index in [1.807, 2.05) is 31.2 Å². The number of benzene rings is 1. The molecule has 108 valence electrons. The molecule has 20 heavy (non-hydrogen) atoms. The van der Waals surface area contributed by atoms with E-state index in [1.165, 1.54) is 5.56 Å². The van der Waals surface area contributed by atoms with Crippen molar-refractivity contribution in [2.24, 2.45) is 0 Å². The number of aliphatic hydroxyl groups excluding tert-OH is 1. The van der Waals surface area contributed by atoms with Gasteiger partial charge in [0.05, 0.1) is 6.10 Å². The average Bonchev–Trinajstić information content (AvgIpc) is 2.44. The van der Waals surface area contributed by atoms with Crippen molar-refractivity contribution >= 4 is 0 Å². The van der Waals surface area contributed by atoms with E-state index in [1.54, 1.807) is 12.1 Å². The number of ether oxygens (including phenoxy) is 1. The van der Waals surface area contributed by atoms with Crippen molar-refractivity contribution in [1.29, 1.82) is 0 Å². The molecule has 1 saturated heterocycles. The molecular formula is C17H22O3. The van der Waals surface area contributed by atoms with Crippen molar-refractivity contribution in [3.63, 3.8) is 0 Å². The predicted octanol–water partition coefficient (Wildman–Crippen LogP) is 2.98. The van der Waals surface area contributed by atoms with E-state index in [0.29, 0.717) is 6.42 Å². The zero-order chi connectivity index (χ0) is 14.5. The molecule has 1 aliphatic rings. The fraction of sp³-hybridized carbons (Fsp3) is 0.412. The molecule has 0 aliphatic carbocycles. The van der Waals surface area contributed by atoms with Gasteiger partial charge in [-0.2, -0.15) is 0 Å². The number of aromatic hydroxyl groups is 1. The number of rotatable bonds is 4. The zero-order valence-corrected chi connectivity index (χ0v) is 11.8. The van der Waals surface area contributed by atoms with Crippen molar-refractivity contribution in [2.45, 2.75) is 44.5 Å². The highest BCUT2D eigenvalue weighted by molar-refractivity contribution is 5.26. The van der Waals surface area contributed by atoms with Gasteiger partial charge in [-0.15, -0.1) is 0 Å². The van der Waals surface area contributed by atoms with Gasteiger partial charge < -0.3 is 14.9 Å². The van der Waals surface area contributed by atoms with E-state index in [2.05, 4.69) is 6.58 Å². The molecule has 1 fully saturated rings. The van der Waals surface area contributed by atoms with Crippen molar-refractivity contribution < 1.29 is 14.9 Å². The fourth-order valence-electron chi connectivity index (χ4n) is 2.49. The minimum Gasteiger partial charge on any atom is -0.508 e. The molecular weight excluding hydrogens is 252 g/mol. The summed E-state index contributed by atoms with van der Waals surface area (Å²) in [6, 6.07) is 7.24. The van der Waals surface area contributed by atoms with Gasteiger partial charge in [0.25, 0.3) is 0 Å². The van der Waals surface area contributed by atoms with Gasteiger partial charge in [-0.25, -0.2) is 0 Å². The molecule has 0 saturated carbocycles. The van der Waals surface area contributed by atoms with Crippen LogP contribution in [0.25, 0.3) is 0 Å². The Balaban J connectivity index is 1.92. The molecule has 1 aromatic rings. The van der Waals surface area contributed by atoms with Crippen LogP contribution in [0.3, 0.4) is 0 Å². The van der Waals surface area contributed by atoms with Crippen LogP contribution in [-0.4, -0.2) is 28.5 Å². The topological polar surface area (TPSA) is 49.7 Å². The third kappa shape index (κ3) is 3.71. The molecule has 0 amide bonds. The number of aryl methyl sites for hydroxylation is 1. The molecule has 0 radical (unpaired) electrons. The Bertz CT molecular complexity index is 476. The van der Waals surface area contributed by atoms with Crippen LogP contribution in [0.4, 0.5) is 0 Å². The predicted molar refractivity (Wildman–Crippen MR) is 79.7 cm³/mol. The summed E-state index contributed by atoms with van der Waals surface area (Å²) < 4.78 is 5.91. The lowest BCUT2D eigenvalue weighted by atomic mass is 9.93. The number of hydrogen-bond acceptors (Lipinski definition) is 3. The van der Waals surface area contributed by atoms with E-state index in [4.69, 9.17) is 4.74 Å². The normalized spacial score (nSPS) is 27.1. The SMILES string of the molecule is C=C1C[C@@H](CCc2ccc(O)cc2)O[C@@H](/C=C/C)[C@@H]1O. The molecule has 0 bridgehead atoms. The average molecular weight is 274 g/mol. The third-order valence-corrected chi connectivity index (χ3v) is 3.64. The molecule has 1 aromatic carbocycles. The quantitative estimate of drug-likeness (QED) is 0.830. The van der Waals surface area contributed by atoms with Crippen LogP contribution in [0.2, 0.25) is 0 Å². The second kappa shape index (κ2) is 6.73. The molecule has 3 atom stereocenters. The molecule has 0 spiro atoms. The first-order valence-electron chi connectivity index (χ1n) is 7.02. The Hall–Kier alpha value is -1.58. The summed E-state index contributed by atoms with van der Waals surface area (Å²) in [6.07, 6.45) is 5.43. The van der Waals surface area contributed by atoms with Gasteiger partial charge >= 0.3 is 0 Å². The van der Waals surface area contributed by atoms with Crippen LogP contribution in [0, 0.1) is 0 Å². The number of aliphatic hydroxyl groups is 1. The van der Waals surface area contributed by atoms with Crippen molar-refractivity contribution in [2.75, 3.05) is 0 Å². The van der Waals surface area contributed by atoms with E-state index >= 15 is 0 Å². The molecule has 3 heteroatoms. The number of allylic oxidation sites excluding steroid dienone is 1. The Morgan fingerprint density at radius 1 is 1.35 bits per heavy atom. The summed E-state index contributed by atoms with van der Waals surface area (Å²) in [5.41, 5.74) is 2.01. The van der Waals surface area contributed by atoms with Gasteiger partial charge in [0.2, 0.25) is 0 Å². The second-order valence-corrected chi connectivity index (χ2v) is 5.26. The van der Waals surface area contributed by atoms with Crippen LogP contribution in [0.15, 0.2) is 48.6 Å². The Morgan fingerprint density at radius 3 is 2.70 bits per heavy atom. The van der Waals surface area contributed by atoms with Crippen LogP contribution in [0.1, 0.15) is 25.3 Å². The molecule has 0 unspecified atom stereocenters. The summed E-state index contributed by atoms with van der Waals surface area (Å²) in [6.45, 7) is 5.86. The highest BCUT2D eigenvalue weighted by atomic mass is 16.5. The van der Waals surface area contributed by atoms with Gasteiger partial charge in [0.1, 0.15) is 18.0 Å². The van der Waals surface area contributed by atoms with Crippen LogP contribution in [-0.2, 0) is 11.2 Å². The van der Waals surface area contributed by atoms with E-state index in [0.717, 1.165) is 18.4 Å². The van der Waals surface area contributed by atoms with E-state index < -0.39 is 6.10 Å². The fourth-order valence-corrected chi connectivity index (χ4v) is 2.49. The summed E-state index contributed by atoms with van der Waals surface area (Å²) in [5, 5.41) is 19.3. The van der Waals surface area contributed by atoms with Crippen LogP contribution < -0.4 is 0 Å². The summed E-state index contributed by atoms with van der Waals surface area (Å²) in [5.74, 6) is 0.285. The van der Waals surface area contributed by atoms with Gasteiger partial charge in [-0.05, 0) is 49.5 Å². The standard InChI is InChI=1S/C17H22O3/c1-3-4-16-17(19)12(2)11-15(20-16)10-7-13-5-8-14(18)9-6-13/h3-6,8-9,15-19H,2,7,10-11H2,1H3/b4-3+/t15-,16+,17-/m1/s1. The summed E-state index contributed by atoms with van der Waals surface area (Å²) in [4.78, 5) is 0. The highest BCUT2D eigenvalue weighted by Crippen LogP contribution is 2.27. The Morgan fingerprint density at radius 2 is 2.05 bits per heavy atom. The lowest BCUT2D eigenvalue weighted by molar-refractivity contribution is -0.0694. The Labute approximate surface area is 120 Å². The molecule has 1 heterocycles. The van der Waals surface area contributed by atoms with Gasteiger partial charge in [0, 0.05) is 0 Å². The lowest BCUT2D eigenvalue weighted by Gasteiger charge is -2.34. The number of hydrogen-bond donors (Lipinski definition) is 2. The highest BCUT2D eigenvalue weighted by Gasteiger charge is 2.30. The van der Waals surface area contributed by atoms with Gasteiger partial charge in [-0.3, -0.25) is 0 Å². The zero-order valence-electron chi connectivity index (χ0n) is 11.8. The maximum Gasteiger partial charge on any atom is 0.115 e. The minimum absolute atomic E-state index is 0.0842. The summed E-state index contributed by atoms with van der Waals surface area (Å²) in [7, 11) is 0. The van der Waals surface area contributed by atoms with Gasteiger partial charge in [-0.1, -0.05) is 30.9 Å². The minimum atomic E-state index is -0.601. The first kappa shape index (κ1) is 14.8. The smallest absolute Gasteiger partial charge is 0.115 e. The second-order valence-electron chi connectivity index (χ2n) is 5.26. The molecule has 0 aromatic heterocycles. The van der Waals surface area contributed by atoms with E-state index in [9.17, 15) is 10.2 Å². The van der Waals surface area contributed by atoms with Crippen molar-refractivity contribution in [3.05, 3.63) is 54.1 Å². The molecule has 2 rings (SSSR count). The Kier molecular flexibility index (Phi) is 4.99. The number of phenolic OH excluding ortho intramolecular Hbond substituents is 1. The third-order valence-electron chi connectivity index (χ3n) is 3.64. The van der Waals surface area contributed by atoms with Crippen molar-refractivity contribution in [1.82, 2.24) is 0 Å². The monoisotopic (exact) mass is 274 g/mol. The van der Waals surface area contributed by atoms with Crippen molar-refractivity contribution in [3.8, 4) is 5.75 Å². The van der Waals surface area contributed by atoms with Crippen LogP contribution >= 0.6 is 0 Å².